The van der Waals surface area contributed by atoms with Crippen molar-refractivity contribution in [1.29, 1.82) is 0 Å². The number of aliphatic imine (C=N–C) groups is 1. The molecule has 0 aromatic heterocycles. The molecule has 2 atom stereocenters. The van der Waals surface area contributed by atoms with Gasteiger partial charge in [0, 0.05) is 12.8 Å². The van der Waals surface area contributed by atoms with E-state index in [1.165, 1.54) is 0 Å². The van der Waals surface area contributed by atoms with E-state index in [-0.39, 0.29) is 11.6 Å². The molecule has 2 heterocycles. The number of carbonyl (C=O) groups is 1. The SMILES string of the molecule is CC1CSCC12C(N)=NC(=O)N2C. The lowest BCUT2D eigenvalue weighted by Gasteiger charge is -2.34. The monoisotopic (exact) mass is 199 g/mol. The van der Waals surface area contributed by atoms with E-state index in [2.05, 4.69) is 11.9 Å². The van der Waals surface area contributed by atoms with Gasteiger partial charge in [0.15, 0.2) is 0 Å². The molecule has 2 unspecified atom stereocenters. The fourth-order valence-corrected chi connectivity index (χ4v) is 3.73. The zero-order chi connectivity index (χ0) is 9.64. The average molecular weight is 199 g/mol. The first-order valence-electron chi connectivity index (χ1n) is 4.29. The van der Waals surface area contributed by atoms with Crippen LogP contribution >= 0.6 is 11.8 Å². The van der Waals surface area contributed by atoms with Gasteiger partial charge >= 0.3 is 6.03 Å². The van der Waals surface area contributed by atoms with Crippen LogP contribution in [0.5, 0.6) is 0 Å². The molecule has 0 bridgehead atoms. The number of thioether (sulfide) groups is 1. The highest BCUT2D eigenvalue weighted by molar-refractivity contribution is 7.99. The molecule has 0 radical (unpaired) electrons. The number of amides is 2. The number of amidine groups is 1. The fraction of sp³-hybridized carbons (Fsp3) is 0.750. The minimum absolute atomic E-state index is 0.202. The lowest BCUT2D eigenvalue weighted by Crippen LogP contribution is -2.56. The number of carbonyl (C=O) groups excluding carboxylic acids is 1. The minimum atomic E-state index is -0.290. The summed E-state index contributed by atoms with van der Waals surface area (Å²) in [7, 11) is 1.79. The Kier molecular flexibility index (Phi) is 1.80. The molecule has 1 fully saturated rings. The zero-order valence-corrected chi connectivity index (χ0v) is 8.60. The van der Waals surface area contributed by atoms with E-state index in [0.717, 1.165) is 11.5 Å². The third-order valence-electron chi connectivity index (χ3n) is 3.05. The Labute approximate surface area is 81.6 Å². The third-order valence-corrected chi connectivity index (χ3v) is 4.43. The normalized spacial score (nSPS) is 38.9. The highest BCUT2D eigenvalue weighted by Crippen LogP contribution is 2.40. The smallest absolute Gasteiger partial charge is 0.345 e. The molecular weight excluding hydrogens is 186 g/mol. The quantitative estimate of drug-likeness (QED) is 0.619. The summed E-state index contributed by atoms with van der Waals surface area (Å²) in [6.07, 6.45) is 0. The van der Waals surface area contributed by atoms with Crippen LogP contribution < -0.4 is 5.73 Å². The summed E-state index contributed by atoms with van der Waals surface area (Å²) in [5.41, 5.74) is 5.53. The highest BCUT2D eigenvalue weighted by Gasteiger charge is 2.53. The molecule has 2 N–H and O–H groups in total. The predicted octanol–water partition coefficient (Wildman–Crippen LogP) is 0.531. The van der Waals surface area contributed by atoms with Crippen LogP contribution in [-0.4, -0.2) is 40.9 Å². The summed E-state index contributed by atoms with van der Waals surface area (Å²) in [4.78, 5) is 16.9. The maximum absolute atomic E-state index is 11.3. The second-order valence-electron chi connectivity index (χ2n) is 3.68. The number of urea groups is 1. The van der Waals surface area contributed by atoms with Gasteiger partial charge in [0.2, 0.25) is 0 Å². The zero-order valence-electron chi connectivity index (χ0n) is 7.78. The molecule has 2 aliphatic heterocycles. The van der Waals surface area contributed by atoms with Gasteiger partial charge in [0.05, 0.1) is 0 Å². The number of nitrogens with two attached hydrogens (primary N) is 1. The number of nitrogens with zero attached hydrogens (tertiary/aromatic N) is 2. The van der Waals surface area contributed by atoms with Crippen LogP contribution in [0.15, 0.2) is 4.99 Å². The molecule has 13 heavy (non-hydrogen) atoms. The van der Waals surface area contributed by atoms with E-state index in [4.69, 9.17) is 5.73 Å². The van der Waals surface area contributed by atoms with Gasteiger partial charge in [-0.05, 0) is 11.7 Å². The third kappa shape index (κ3) is 0.935. The van der Waals surface area contributed by atoms with Crippen molar-refractivity contribution < 1.29 is 4.79 Å². The Balaban J connectivity index is 2.42. The Bertz CT molecular complexity index is 291. The van der Waals surface area contributed by atoms with Crippen molar-refractivity contribution in [3.8, 4) is 0 Å². The molecule has 2 amide bonds. The number of rotatable bonds is 0. The van der Waals surface area contributed by atoms with E-state index >= 15 is 0 Å². The maximum Gasteiger partial charge on any atom is 0.345 e. The molecule has 0 aromatic carbocycles. The van der Waals surface area contributed by atoms with Crippen molar-refractivity contribution in [2.24, 2.45) is 16.6 Å². The van der Waals surface area contributed by atoms with Crippen molar-refractivity contribution in [2.45, 2.75) is 12.5 Å². The second kappa shape index (κ2) is 2.64. The maximum atomic E-state index is 11.3. The minimum Gasteiger partial charge on any atom is -0.385 e. The van der Waals surface area contributed by atoms with Crippen LogP contribution in [0.25, 0.3) is 0 Å². The van der Waals surface area contributed by atoms with Crippen LogP contribution in [0.1, 0.15) is 6.92 Å². The Morgan fingerprint density at radius 2 is 2.46 bits per heavy atom. The van der Waals surface area contributed by atoms with Crippen LogP contribution in [0.3, 0.4) is 0 Å². The van der Waals surface area contributed by atoms with Gasteiger partial charge in [-0.25, -0.2) is 4.79 Å². The standard InChI is InChI=1S/C8H13N3OS/c1-5-3-13-4-8(5)6(9)10-7(12)11(8)2/h5H,3-4H2,1-2H3,(H2,9,10,12). The molecule has 1 saturated heterocycles. The lowest BCUT2D eigenvalue weighted by atomic mass is 9.87. The van der Waals surface area contributed by atoms with Gasteiger partial charge in [0.25, 0.3) is 0 Å². The van der Waals surface area contributed by atoms with Crippen LogP contribution in [0, 0.1) is 5.92 Å². The van der Waals surface area contributed by atoms with Gasteiger partial charge in [-0.15, -0.1) is 0 Å². The Morgan fingerprint density at radius 1 is 1.77 bits per heavy atom. The molecule has 72 valence electrons. The molecule has 0 saturated carbocycles. The molecule has 4 nitrogen and oxygen atoms in total. The summed E-state index contributed by atoms with van der Waals surface area (Å²) < 4.78 is 0. The molecular formula is C8H13N3OS. The van der Waals surface area contributed by atoms with Crippen molar-refractivity contribution in [1.82, 2.24) is 4.90 Å². The molecule has 5 heteroatoms. The predicted molar refractivity (Wildman–Crippen MR) is 54.0 cm³/mol. The van der Waals surface area contributed by atoms with Crippen LogP contribution in [-0.2, 0) is 0 Å². The molecule has 0 aliphatic carbocycles. The fourth-order valence-electron chi connectivity index (χ4n) is 2.04. The summed E-state index contributed by atoms with van der Waals surface area (Å²) in [5, 5.41) is 0. The largest absolute Gasteiger partial charge is 0.385 e. The Morgan fingerprint density at radius 3 is 2.85 bits per heavy atom. The summed E-state index contributed by atoms with van der Waals surface area (Å²) in [6, 6.07) is -0.202. The van der Waals surface area contributed by atoms with Crippen molar-refractivity contribution >= 4 is 23.6 Å². The molecule has 2 aliphatic rings. The van der Waals surface area contributed by atoms with E-state index in [1.54, 1.807) is 11.9 Å². The number of hydrogen-bond acceptors (Lipinski definition) is 3. The van der Waals surface area contributed by atoms with Crippen molar-refractivity contribution in [3.63, 3.8) is 0 Å². The van der Waals surface area contributed by atoms with Crippen molar-refractivity contribution in [3.05, 3.63) is 0 Å². The molecule has 1 spiro atoms. The number of hydrogen-bond donors (Lipinski definition) is 1. The van der Waals surface area contributed by atoms with Gasteiger partial charge in [0.1, 0.15) is 11.4 Å². The lowest BCUT2D eigenvalue weighted by molar-refractivity contribution is 0.181. The molecule has 0 aromatic rings. The van der Waals surface area contributed by atoms with E-state index in [9.17, 15) is 4.79 Å². The van der Waals surface area contributed by atoms with Crippen molar-refractivity contribution in [2.75, 3.05) is 18.6 Å². The van der Waals surface area contributed by atoms with Gasteiger partial charge < -0.3 is 10.6 Å². The first-order chi connectivity index (χ1) is 6.09. The van der Waals surface area contributed by atoms with Gasteiger partial charge in [-0.1, -0.05) is 6.92 Å². The first kappa shape index (κ1) is 8.87. The summed E-state index contributed by atoms with van der Waals surface area (Å²) >= 11 is 1.83. The van der Waals surface area contributed by atoms with Crippen LogP contribution in [0.2, 0.25) is 0 Å². The van der Waals surface area contributed by atoms with E-state index in [0.29, 0.717) is 11.8 Å². The van der Waals surface area contributed by atoms with Gasteiger partial charge in [-0.2, -0.15) is 16.8 Å². The average Bonchev–Trinajstić information content (AvgIpc) is 2.54. The highest BCUT2D eigenvalue weighted by atomic mass is 32.2. The Hall–Kier alpha value is -0.710. The van der Waals surface area contributed by atoms with Crippen LogP contribution in [0.4, 0.5) is 4.79 Å². The molecule has 2 rings (SSSR count). The van der Waals surface area contributed by atoms with E-state index < -0.39 is 0 Å². The second-order valence-corrected chi connectivity index (χ2v) is 4.71. The van der Waals surface area contributed by atoms with Gasteiger partial charge in [-0.3, -0.25) is 0 Å². The first-order valence-corrected chi connectivity index (χ1v) is 5.44. The topological polar surface area (TPSA) is 58.7 Å². The van der Waals surface area contributed by atoms with E-state index in [1.807, 2.05) is 11.8 Å². The number of likely N-dealkylation sites (N-methyl/N-ethyl adjacent to an activating group) is 1. The summed E-state index contributed by atoms with van der Waals surface area (Å²) in [6.45, 7) is 2.12. The summed E-state index contributed by atoms with van der Waals surface area (Å²) in [5.74, 6) is 2.83.